The molecule has 1 heterocycles. The summed E-state index contributed by atoms with van der Waals surface area (Å²) in [5, 5.41) is 6.40. The van der Waals surface area contributed by atoms with Crippen LogP contribution in [0.15, 0.2) is 29.3 Å². The van der Waals surface area contributed by atoms with Crippen molar-refractivity contribution in [2.24, 2.45) is 10.9 Å². The van der Waals surface area contributed by atoms with Gasteiger partial charge in [0.25, 0.3) is 0 Å². The maximum atomic E-state index is 11.6. The fraction of sp³-hybridized carbons (Fsp3) is 0.632. The van der Waals surface area contributed by atoms with E-state index < -0.39 is 9.84 Å². The average Bonchev–Trinajstić information content (AvgIpc) is 2.65. The lowest BCUT2D eigenvalue weighted by molar-refractivity contribution is -0.0265. The van der Waals surface area contributed by atoms with Crippen molar-refractivity contribution in [2.45, 2.75) is 32.8 Å². The van der Waals surface area contributed by atoms with Gasteiger partial charge in [0.2, 0.25) is 0 Å². The Balaban J connectivity index is 0.00000364. The molecule has 2 rings (SSSR count). The van der Waals surface area contributed by atoms with E-state index in [0.717, 1.165) is 26.0 Å². The standard InChI is InChI=1S/C19H31N3O3S.HI/c1-4-26(23,24)13-11-21-19(20-3)22-14-17-6-5-12-25-18(17)16-9-7-15(2)8-10-16;/h7-10,17-18H,4-6,11-14H2,1-3H3,(H2,20,21,22);1H. The van der Waals surface area contributed by atoms with E-state index in [-0.39, 0.29) is 41.6 Å². The molecule has 8 heteroatoms. The molecule has 0 bridgehead atoms. The Morgan fingerprint density at radius 2 is 1.96 bits per heavy atom. The second-order valence-electron chi connectivity index (χ2n) is 6.72. The van der Waals surface area contributed by atoms with Gasteiger partial charge in [-0.2, -0.15) is 0 Å². The van der Waals surface area contributed by atoms with Gasteiger partial charge < -0.3 is 15.4 Å². The van der Waals surface area contributed by atoms with Crippen LogP contribution in [0.3, 0.4) is 0 Å². The smallest absolute Gasteiger partial charge is 0.191 e. The molecule has 1 fully saturated rings. The first-order valence-electron chi connectivity index (χ1n) is 9.28. The van der Waals surface area contributed by atoms with Crippen molar-refractivity contribution in [3.63, 3.8) is 0 Å². The zero-order chi connectivity index (χ0) is 19.0. The number of halogens is 1. The van der Waals surface area contributed by atoms with Gasteiger partial charge in [0.15, 0.2) is 15.8 Å². The van der Waals surface area contributed by atoms with Crippen LogP contribution >= 0.6 is 24.0 Å². The van der Waals surface area contributed by atoms with Crippen LogP contribution in [0, 0.1) is 12.8 Å². The van der Waals surface area contributed by atoms with E-state index in [9.17, 15) is 8.42 Å². The van der Waals surface area contributed by atoms with Crippen molar-refractivity contribution in [1.29, 1.82) is 0 Å². The third-order valence-electron chi connectivity index (χ3n) is 4.75. The SMILES string of the molecule is CCS(=O)(=O)CCNC(=NC)NCC1CCCOC1c1ccc(C)cc1.I. The molecule has 1 aromatic carbocycles. The molecule has 0 aromatic heterocycles. The van der Waals surface area contributed by atoms with Crippen LogP contribution in [-0.4, -0.2) is 52.6 Å². The highest BCUT2D eigenvalue weighted by Crippen LogP contribution is 2.33. The number of ether oxygens (including phenoxy) is 1. The second-order valence-corrected chi connectivity index (χ2v) is 9.19. The van der Waals surface area contributed by atoms with Crippen LogP contribution in [0.25, 0.3) is 0 Å². The zero-order valence-electron chi connectivity index (χ0n) is 16.4. The Kier molecular flexibility index (Phi) is 10.6. The van der Waals surface area contributed by atoms with E-state index in [1.165, 1.54) is 11.1 Å². The molecule has 1 aliphatic heterocycles. The van der Waals surface area contributed by atoms with Crippen LogP contribution < -0.4 is 10.6 Å². The molecule has 154 valence electrons. The van der Waals surface area contributed by atoms with E-state index >= 15 is 0 Å². The van der Waals surface area contributed by atoms with Crippen LogP contribution in [0.5, 0.6) is 0 Å². The Hall–Kier alpha value is -0.870. The highest BCUT2D eigenvalue weighted by atomic mass is 127. The lowest BCUT2D eigenvalue weighted by Crippen LogP contribution is -2.43. The van der Waals surface area contributed by atoms with Crippen molar-refractivity contribution >= 4 is 39.8 Å². The molecular weight excluding hydrogens is 477 g/mol. The maximum absolute atomic E-state index is 11.6. The molecule has 0 radical (unpaired) electrons. The minimum absolute atomic E-state index is 0. The largest absolute Gasteiger partial charge is 0.373 e. The van der Waals surface area contributed by atoms with E-state index in [4.69, 9.17) is 4.74 Å². The number of rotatable bonds is 7. The fourth-order valence-electron chi connectivity index (χ4n) is 3.09. The Labute approximate surface area is 180 Å². The number of hydrogen-bond donors (Lipinski definition) is 2. The molecule has 0 saturated carbocycles. The first kappa shape index (κ1) is 24.2. The van der Waals surface area contributed by atoms with E-state index in [1.54, 1.807) is 14.0 Å². The molecule has 1 saturated heterocycles. The number of nitrogens with zero attached hydrogens (tertiary/aromatic N) is 1. The molecule has 1 aromatic rings. The van der Waals surface area contributed by atoms with Crippen LogP contribution in [0.1, 0.15) is 37.0 Å². The molecular formula is C19H32IN3O3S. The number of hydrogen-bond acceptors (Lipinski definition) is 4. The van der Waals surface area contributed by atoms with Crippen molar-refractivity contribution < 1.29 is 13.2 Å². The molecule has 27 heavy (non-hydrogen) atoms. The lowest BCUT2D eigenvalue weighted by atomic mass is 9.89. The van der Waals surface area contributed by atoms with Gasteiger partial charge in [-0.25, -0.2) is 8.42 Å². The Morgan fingerprint density at radius 1 is 1.26 bits per heavy atom. The number of benzene rings is 1. The third kappa shape index (κ3) is 7.95. The summed E-state index contributed by atoms with van der Waals surface area (Å²) in [5.41, 5.74) is 2.45. The summed E-state index contributed by atoms with van der Waals surface area (Å²) >= 11 is 0. The van der Waals surface area contributed by atoms with Crippen LogP contribution in [0.4, 0.5) is 0 Å². The number of aliphatic imine (C=N–C) groups is 1. The minimum Gasteiger partial charge on any atom is -0.373 e. The van der Waals surface area contributed by atoms with Gasteiger partial charge >= 0.3 is 0 Å². The predicted molar refractivity (Wildman–Crippen MR) is 122 cm³/mol. The number of sulfone groups is 1. The molecule has 0 spiro atoms. The normalized spacial score (nSPS) is 20.6. The molecule has 2 N–H and O–H groups in total. The third-order valence-corrected chi connectivity index (χ3v) is 6.46. The topological polar surface area (TPSA) is 79.8 Å². The van der Waals surface area contributed by atoms with Crippen molar-refractivity contribution in [3.8, 4) is 0 Å². The summed E-state index contributed by atoms with van der Waals surface area (Å²) in [6, 6.07) is 8.51. The first-order chi connectivity index (χ1) is 12.4. The first-order valence-corrected chi connectivity index (χ1v) is 11.1. The number of aryl methyl sites for hydroxylation is 1. The molecule has 0 aliphatic carbocycles. The van der Waals surface area contributed by atoms with Crippen LogP contribution in [0.2, 0.25) is 0 Å². The second kappa shape index (κ2) is 11.9. The number of guanidine groups is 1. The molecule has 2 atom stereocenters. The van der Waals surface area contributed by atoms with Gasteiger partial charge in [-0.15, -0.1) is 24.0 Å². The lowest BCUT2D eigenvalue weighted by Gasteiger charge is -2.32. The Bertz CT molecular complexity index is 693. The van der Waals surface area contributed by atoms with E-state index in [2.05, 4.69) is 46.8 Å². The summed E-state index contributed by atoms with van der Waals surface area (Å²) in [7, 11) is -1.28. The van der Waals surface area contributed by atoms with Gasteiger partial charge in [0.05, 0.1) is 11.9 Å². The van der Waals surface area contributed by atoms with Gasteiger partial charge in [0.1, 0.15) is 0 Å². The van der Waals surface area contributed by atoms with Gasteiger partial charge in [-0.05, 0) is 25.3 Å². The summed E-state index contributed by atoms with van der Waals surface area (Å²) in [6.45, 7) is 5.63. The highest BCUT2D eigenvalue weighted by Gasteiger charge is 2.27. The Morgan fingerprint density at radius 3 is 2.59 bits per heavy atom. The quantitative estimate of drug-likeness (QED) is 0.336. The van der Waals surface area contributed by atoms with Gasteiger partial charge in [-0.1, -0.05) is 36.8 Å². The fourth-order valence-corrected chi connectivity index (χ4v) is 3.80. The van der Waals surface area contributed by atoms with Crippen LogP contribution in [-0.2, 0) is 14.6 Å². The predicted octanol–water partition coefficient (Wildman–Crippen LogP) is 2.68. The van der Waals surface area contributed by atoms with Crippen molar-refractivity contribution in [1.82, 2.24) is 10.6 Å². The average molecular weight is 509 g/mol. The van der Waals surface area contributed by atoms with E-state index in [1.807, 2.05) is 0 Å². The van der Waals surface area contributed by atoms with Gasteiger partial charge in [0, 0.05) is 38.4 Å². The van der Waals surface area contributed by atoms with Crippen molar-refractivity contribution in [2.75, 3.05) is 38.2 Å². The molecule has 6 nitrogen and oxygen atoms in total. The number of nitrogens with one attached hydrogen (secondary N) is 2. The highest BCUT2D eigenvalue weighted by molar-refractivity contribution is 14.0. The zero-order valence-corrected chi connectivity index (χ0v) is 19.5. The molecule has 1 aliphatic rings. The maximum Gasteiger partial charge on any atom is 0.191 e. The van der Waals surface area contributed by atoms with Crippen molar-refractivity contribution in [3.05, 3.63) is 35.4 Å². The summed E-state index contributed by atoms with van der Waals surface area (Å²) in [5.74, 6) is 1.26. The summed E-state index contributed by atoms with van der Waals surface area (Å²) < 4.78 is 29.2. The van der Waals surface area contributed by atoms with E-state index in [0.29, 0.717) is 18.4 Å². The molecule has 0 amide bonds. The van der Waals surface area contributed by atoms with Gasteiger partial charge in [-0.3, -0.25) is 4.99 Å². The molecule has 2 unspecified atom stereocenters. The summed E-state index contributed by atoms with van der Waals surface area (Å²) in [4.78, 5) is 4.19. The monoisotopic (exact) mass is 509 g/mol. The summed E-state index contributed by atoms with van der Waals surface area (Å²) in [6.07, 6.45) is 2.22. The minimum atomic E-state index is -2.97.